The number of rotatable bonds is 3. The van der Waals surface area contributed by atoms with Crippen LogP contribution in [-0.4, -0.2) is 19.0 Å². The van der Waals surface area contributed by atoms with Crippen LogP contribution >= 0.6 is 22.6 Å². The summed E-state index contributed by atoms with van der Waals surface area (Å²) >= 11 is 1.91. The Morgan fingerprint density at radius 3 is 2.50 bits per heavy atom. The first kappa shape index (κ1) is 16.4. The summed E-state index contributed by atoms with van der Waals surface area (Å²) in [5.41, 5.74) is 2.11. The topological polar surface area (TPSA) is 55.4 Å². The van der Waals surface area contributed by atoms with Gasteiger partial charge in [0, 0.05) is 9.26 Å². The van der Waals surface area contributed by atoms with E-state index in [0.29, 0.717) is 20.4 Å². The Hall–Kier alpha value is -1.96. The zero-order valence-corrected chi connectivity index (χ0v) is 14.1. The lowest BCUT2D eigenvalue weighted by atomic mass is 10.1. The van der Waals surface area contributed by atoms with E-state index < -0.39 is 5.97 Å². The second kappa shape index (κ2) is 6.87. The summed E-state index contributed by atoms with van der Waals surface area (Å²) in [6.07, 6.45) is 0. The molecule has 0 aliphatic carbocycles. The summed E-state index contributed by atoms with van der Waals surface area (Å²) in [4.78, 5) is 23.7. The standard InChI is InChI=1S/C16H13FINO3/c1-9-7-10(16(21)22-2)3-6-14(9)19-15(20)12-5-4-11(17)8-13(12)18/h3-8H,1-2H3,(H,19,20). The van der Waals surface area contributed by atoms with Gasteiger partial charge in [-0.2, -0.15) is 0 Å². The number of carbonyl (C=O) groups is 2. The maximum Gasteiger partial charge on any atom is 0.337 e. The van der Waals surface area contributed by atoms with Crippen molar-refractivity contribution in [2.24, 2.45) is 0 Å². The number of esters is 1. The van der Waals surface area contributed by atoms with Crippen LogP contribution in [0.5, 0.6) is 0 Å². The minimum absolute atomic E-state index is 0.335. The molecule has 22 heavy (non-hydrogen) atoms. The molecule has 0 aliphatic rings. The van der Waals surface area contributed by atoms with Crippen LogP contribution in [0.25, 0.3) is 0 Å². The lowest BCUT2D eigenvalue weighted by Gasteiger charge is -2.10. The summed E-state index contributed by atoms with van der Waals surface area (Å²) in [6, 6.07) is 8.81. The summed E-state index contributed by atoms with van der Waals surface area (Å²) in [7, 11) is 1.31. The molecule has 0 saturated heterocycles. The molecule has 0 spiro atoms. The average Bonchev–Trinajstić information content (AvgIpc) is 2.48. The highest BCUT2D eigenvalue weighted by molar-refractivity contribution is 14.1. The van der Waals surface area contributed by atoms with E-state index in [0.717, 1.165) is 5.56 Å². The van der Waals surface area contributed by atoms with Gasteiger partial charge in [-0.15, -0.1) is 0 Å². The largest absolute Gasteiger partial charge is 0.465 e. The average molecular weight is 413 g/mol. The molecule has 0 bridgehead atoms. The minimum atomic E-state index is -0.436. The molecule has 0 radical (unpaired) electrons. The number of halogens is 2. The molecule has 1 N–H and O–H groups in total. The first-order chi connectivity index (χ1) is 10.4. The monoisotopic (exact) mass is 413 g/mol. The minimum Gasteiger partial charge on any atom is -0.465 e. The molecule has 0 aromatic heterocycles. The molecule has 1 amide bonds. The molecule has 4 nitrogen and oxygen atoms in total. The molecule has 2 aromatic carbocycles. The number of amides is 1. The molecule has 114 valence electrons. The molecular weight excluding hydrogens is 400 g/mol. The van der Waals surface area contributed by atoms with E-state index in [1.165, 1.54) is 25.3 Å². The quantitative estimate of drug-likeness (QED) is 0.616. The van der Waals surface area contributed by atoms with Crippen molar-refractivity contribution in [2.75, 3.05) is 12.4 Å². The van der Waals surface area contributed by atoms with Crippen molar-refractivity contribution in [2.45, 2.75) is 6.92 Å². The van der Waals surface area contributed by atoms with E-state index in [9.17, 15) is 14.0 Å². The van der Waals surface area contributed by atoms with Gasteiger partial charge in [0.05, 0.1) is 18.2 Å². The van der Waals surface area contributed by atoms with Crippen LogP contribution < -0.4 is 5.32 Å². The van der Waals surface area contributed by atoms with Crippen molar-refractivity contribution in [1.82, 2.24) is 0 Å². The van der Waals surface area contributed by atoms with Gasteiger partial charge in [0.1, 0.15) is 5.82 Å². The van der Waals surface area contributed by atoms with Crippen molar-refractivity contribution in [3.05, 3.63) is 62.5 Å². The number of hydrogen-bond acceptors (Lipinski definition) is 3. The Kier molecular flexibility index (Phi) is 5.12. The van der Waals surface area contributed by atoms with E-state index in [1.807, 2.05) is 22.6 Å². The predicted molar refractivity (Wildman–Crippen MR) is 89.6 cm³/mol. The molecule has 0 atom stereocenters. The molecule has 0 aliphatic heterocycles. The van der Waals surface area contributed by atoms with E-state index in [-0.39, 0.29) is 11.7 Å². The predicted octanol–water partition coefficient (Wildman–Crippen LogP) is 3.78. The Balaban J connectivity index is 2.23. The van der Waals surface area contributed by atoms with Crippen molar-refractivity contribution in [1.29, 1.82) is 0 Å². The maximum absolute atomic E-state index is 13.1. The highest BCUT2D eigenvalue weighted by atomic mass is 127. The lowest BCUT2D eigenvalue weighted by molar-refractivity contribution is 0.0600. The molecule has 0 unspecified atom stereocenters. The van der Waals surface area contributed by atoms with Crippen molar-refractivity contribution in [3.8, 4) is 0 Å². The number of carbonyl (C=O) groups excluding carboxylic acids is 2. The van der Waals surface area contributed by atoms with Crippen molar-refractivity contribution >= 4 is 40.2 Å². The van der Waals surface area contributed by atoms with Gasteiger partial charge >= 0.3 is 5.97 Å². The fourth-order valence-corrected chi connectivity index (χ4v) is 2.63. The smallest absolute Gasteiger partial charge is 0.337 e. The number of methoxy groups -OCH3 is 1. The molecule has 0 saturated carbocycles. The van der Waals surface area contributed by atoms with Gasteiger partial charge < -0.3 is 10.1 Å². The Morgan fingerprint density at radius 1 is 1.18 bits per heavy atom. The first-order valence-electron chi connectivity index (χ1n) is 6.37. The van der Waals surface area contributed by atoms with Crippen LogP contribution in [-0.2, 0) is 4.74 Å². The van der Waals surface area contributed by atoms with Crippen LogP contribution in [0.1, 0.15) is 26.3 Å². The summed E-state index contributed by atoms with van der Waals surface area (Å²) in [5, 5.41) is 2.75. The number of aryl methyl sites for hydroxylation is 1. The Labute approximate surface area is 140 Å². The third-order valence-corrected chi connectivity index (χ3v) is 3.96. The van der Waals surface area contributed by atoms with Crippen LogP contribution in [0, 0.1) is 16.3 Å². The van der Waals surface area contributed by atoms with Crippen LogP contribution in [0.15, 0.2) is 36.4 Å². The number of anilines is 1. The van der Waals surface area contributed by atoms with E-state index in [4.69, 9.17) is 0 Å². The van der Waals surface area contributed by atoms with Crippen molar-refractivity contribution in [3.63, 3.8) is 0 Å². The molecule has 2 rings (SSSR count). The number of ether oxygens (including phenoxy) is 1. The number of hydrogen-bond donors (Lipinski definition) is 1. The summed E-state index contributed by atoms with van der Waals surface area (Å²) in [5.74, 6) is -1.16. The number of nitrogens with one attached hydrogen (secondary N) is 1. The van der Waals surface area contributed by atoms with Gasteiger partial charge in [-0.05, 0) is 71.5 Å². The van der Waals surface area contributed by atoms with Gasteiger partial charge in [-0.1, -0.05) is 0 Å². The second-order valence-electron chi connectivity index (χ2n) is 4.60. The highest BCUT2D eigenvalue weighted by Gasteiger charge is 2.13. The fraction of sp³-hybridized carbons (Fsp3) is 0.125. The SMILES string of the molecule is COC(=O)c1ccc(NC(=O)c2ccc(F)cc2I)c(C)c1. The van der Waals surface area contributed by atoms with Gasteiger partial charge in [0.25, 0.3) is 5.91 Å². The maximum atomic E-state index is 13.1. The van der Waals surface area contributed by atoms with Crippen LogP contribution in [0.2, 0.25) is 0 Å². The molecule has 0 heterocycles. The van der Waals surface area contributed by atoms with Gasteiger partial charge in [0.15, 0.2) is 0 Å². The van der Waals surface area contributed by atoms with E-state index in [2.05, 4.69) is 10.1 Å². The number of benzene rings is 2. The molecular formula is C16H13FINO3. The van der Waals surface area contributed by atoms with E-state index >= 15 is 0 Å². The third kappa shape index (κ3) is 3.62. The lowest BCUT2D eigenvalue weighted by Crippen LogP contribution is -2.14. The van der Waals surface area contributed by atoms with Gasteiger partial charge in [-0.25, -0.2) is 9.18 Å². The molecule has 0 fully saturated rings. The third-order valence-electron chi connectivity index (χ3n) is 3.07. The highest BCUT2D eigenvalue weighted by Crippen LogP contribution is 2.20. The first-order valence-corrected chi connectivity index (χ1v) is 7.45. The van der Waals surface area contributed by atoms with Crippen molar-refractivity contribution < 1.29 is 18.7 Å². The van der Waals surface area contributed by atoms with E-state index in [1.54, 1.807) is 25.1 Å². The molecule has 2 aromatic rings. The zero-order chi connectivity index (χ0) is 16.3. The normalized spacial score (nSPS) is 10.2. The molecule has 6 heteroatoms. The van der Waals surface area contributed by atoms with Gasteiger partial charge in [0.2, 0.25) is 0 Å². The Morgan fingerprint density at radius 2 is 1.91 bits per heavy atom. The van der Waals surface area contributed by atoms with Crippen LogP contribution in [0.3, 0.4) is 0 Å². The fourth-order valence-electron chi connectivity index (χ4n) is 1.91. The Bertz CT molecular complexity index is 746. The second-order valence-corrected chi connectivity index (χ2v) is 5.76. The van der Waals surface area contributed by atoms with Crippen LogP contribution in [0.4, 0.5) is 10.1 Å². The summed E-state index contributed by atoms with van der Waals surface area (Å²) in [6.45, 7) is 1.78. The van der Waals surface area contributed by atoms with Gasteiger partial charge in [-0.3, -0.25) is 4.79 Å². The zero-order valence-electron chi connectivity index (χ0n) is 11.9. The summed E-state index contributed by atoms with van der Waals surface area (Å²) < 4.78 is 18.2.